The maximum Gasteiger partial charge on any atom is 0.325 e. The highest BCUT2D eigenvalue weighted by atomic mass is 32.1. The third kappa shape index (κ3) is 4.42. The van der Waals surface area contributed by atoms with E-state index in [1.165, 1.54) is 29.8 Å². The molecule has 0 aliphatic carbocycles. The van der Waals surface area contributed by atoms with E-state index >= 15 is 0 Å². The Balaban J connectivity index is 1.52. The van der Waals surface area contributed by atoms with Gasteiger partial charge >= 0.3 is 6.03 Å². The van der Waals surface area contributed by atoms with E-state index in [1.54, 1.807) is 23.6 Å². The van der Waals surface area contributed by atoms with Gasteiger partial charge in [0, 0.05) is 16.6 Å². The van der Waals surface area contributed by atoms with E-state index in [2.05, 4.69) is 15.6 Å². The van der Waals surface area contributed by atoms with Crippen molar-refractivity contribution < 1.29 is 14.0 Å². The third-order valence-electron chi connectivity index (χ3n) is 4.91. The van der Waals surface area contributed by atoms with E-state index in [-0.39, 0.29) is 12.4 Å². The van der Waals surface area contributed by atoms with Gasteiger partial charge in [0.25, 0.3) is 5.56 Å². The van der Waals surface area contributed by atoms with Crippen LogP contribution in [0.5, 0.6) is 0 Å². The number of imide groups is 1. The number of benzene rings is 2. The molecule has 7 nitrogen and oxygen atoms in total. The number of carbonyl (C=O) groups excluding carboxylic acids is 2. The number of fused-ring (bicyclic) bond motifs is 1. The highest BCUT2D eigenvalue weighted by Gasteiger charge is 2.16. The standard InChI is InChI=1S/C23H19FN4O3S/c1-13-3-8-18(14(2)9-13)26-23(31)27-19(29)10-28-12-25-21-20(22(28)30)17(11-32-21)15-4-6-16(24)7-5-15/h3-9,11-12H,10H2,1-2H3,(H2,26,27,29,31). The number of hydrogen-bond acceptors (Lipinski definition) is 5. The first-order valence-corrected chi connectivity index (χ1v) is 10.6. The molecule has 0 bridgehead atoms. The molecule has 0 saturated carbocycles. The minimum Gasteiger partial charge on any atom is -0.307 e. The van der Waals surface area contributed by atoms with E-state index < -0.39 is 17.5 Å². The zero-order valence-electron chi connectivity index (χ0n) is 17.3. The van der Waals surface area contributed by atoms with Crippen molar-refractivity contribution in [3.63, 3.8) is 0 Å². The molecule has 0 aliphatic rings. The summed E-state index contributed by atoms with van der Waals surface area (Å²) in [5, 5.41) is 6.97. The van der Waals surface area contributed by atoms with Crippen LogP contribution in [0, 0.1) is 19.7 Å². The third-order valence-corrected chi connectivity index (χ3v) is 5.80. The second kappa shape index (κ2) is 8.72. The van der Waals surface area contributed by atoms with Gasteiger partial charge in [0.05, 0.1) is 11.7 Å². The van der Waals surface area contributed by atoms with Crippen molar-refractivity contribution in [2.45, 2.75) is 20.4 Å². The summed E-state index contributed by atoms with van der Waals surface area (Å²) in [6.45, 7) is 3.42. The molecule has 4 rings (SSSR count). The van der Waals surface area contributed by atoms with Gasteiger partial charge in [-0.05, 0) is 43.2 Å². The van der Waals surface area contributed by atoms with Gasteiger partial charge in [-0.15, -0.1) is 11.3 Å². The van der Waals surface area contributed by atoms with Gasteiger partial charge in [-0.25, -0.2) is 14.2 Å². The molecule has 2 aromatic carbocycles. The van der Waals surface area contributed by atoms with Crippen molar-refractivity contribution in [1.82, 2.24) is 14.9 Å². The number of halogens is 1. The highest BCUT2D eigenvalue weighted by Crippen LogP contribution is 2.30. The lowest BCUT2D eigenvalue weighted by atomic mass is 10.1. The van der Waals surface area contributed by atoms with Gasteiger partial charge in [-0.2, -0.15) is 0 Å². The van der Waals surface area contributed by atoms with Crippen LogP contribution in [0.1, 0.15) is 11.1 Å². The maximum absolute atomic E-state index is 13.3. The number of amides is 3. The first-order chi connectivity index (χ1) is 15.3. The van der Waals surface area contributed by atoms with Gasteiger partial charge in [-0.1, -0.05) is 29.8 Å². The Bertz CT molecular complexity index is 1390. The van der Waals surface area contributed by atoms with Crippen molar-refractivity contribution in [2.75, 3.05) is 5.32 Å². The summed E-state index contributed by atoms with van der Waals surface area (Å²) in [7, 11) is 0. The van der Waals surface area contributed by atoms with Gasteiger partial charge < -0.3 is 5.32 Å². The molecule has 0 fully saturated rings. The predicted octanol–water partition coefficient (Wildman–Crippen LogP) is 4.23. The van der Waals surface area contributed by atoms with Crippen molar-refractivity contribution >= 4 is 39.2 Å². The van der Waals surface area contributed by atoms with E-state index in [9.17, 15) is 18.8 Å². The van der Waals surface area contributed by atoms with Crippen molar-refractivity contribution in [3.8, 4) is 11.1 Å². The molecule has 9 heteroatoms. The quantitative estimate of drug-likeness (QED) is 0.487. The molecule has 2 aromatic heterocycles. The molecule has 2 N–H and O–H groups in total. The van der Waals surface area contributed by atoms with Crippen molar-refractivity contribution in [3.05, 3.63) is 81.5 Å². The molecule has 2 heterocycles. The monoisotopic (exact) mass is 450 g/mol. The molecule has 32 heavy (non-hydrogen) atoms. The number of urea groups is 1. The lowest BCUT2D eigenvalue weighted by Crippen LogP contribution is -2.38. The first-order valence-electron chi connectivity index (χ1n) is 9.72. The number of anilines is 1. The summed E-state index contributed by atoms with van der Waals surface area (Å²) in [5.74, 6) is -1.03. The fourth-order valence-corrected chi connectivity index (χ4v) is 4.26. The molecule has 0 unspecified atom stereocenters. The van der Waals surface area contributed by atoms with Gasteiger partial charge in [0.2, 0.25) is 5.91 Å². The Morgan fingerprint density at radius 1 is 1.12 bits per heavy atom. The second-order valence-corrected chi connectivity index (χ2v) is 8.19. The molecule has 0 saturated heterocycles. The number of nitrogens with one attached hydrogen (secondary N) is 2. The van der Waals surface area contributed by atoms with Crippen LogP contribution in [0.4, 0.5) is 14.9 Å². The normalized spacial score (nSPS) is 10.8. The zero-order chi connectivity index (χ0) is 22.8. The lowest BCUT2D eigenvalue weighted by molar-refractivity contribution is -0.120. The van der Waals surface area contributed by atoms with E-state index in [4.69, 9.17) is 0 Å². The summed E-state index contributed by atoms with van der Waals surface area (Å²) < 4.78 is 14.4. The smallest absolute Gasteiger partial charge is 0.307 e. The number of rotatable bonds is 4. The topological polar surface area (TPSA) is 93.1 Å². The highest BCUT2D eigenvalue weighted by molar-refractivity contribution is 7.17. The number of aryl methyl sites for hydroxylation is 2. The Hall–Kier alpha value is -3.85. The van der Waals surface area contributed by atoms with Crippen LogP contribution in [0.2, 0.25) is 0 Å². The first kappa shape index (κ1) is 21.4. The molecule has 4 aromatic rings. The summed E-state index contributed by atoms with van der Waals surface area (Å²) in [5.41, 5.74) is 3.38. The second-order valence-electron chi connectivity index (χ2n) is 7.33. The van der Waals surface area contributed by atoms with Crippen molar-refractivity contribution in [1.29, 1.82) is 0 Å². The lowest BCUT2D eigenvalue weighted by Gasteiger charge is -2.10. The van der Waals surface area contributed by atoms with Crippen LogP contribution in [-0.4, -0.2) is 21.5 Å². The van der Waals surface area contributed by atoms with E-state index in [0.717, 1.165) is 15.7 Å². The van der Waals surface area contributed by atoms with Crippen LogP contribution in [0.25, 0.3) is 21.3 Å². The SMILES string of the molecule is Cc1ccc(NC(=O)NC(=O)Cn2cnc3scc(-c4ccc(F)cc4)c3c2=O)c(C)c1. The van der Waals surface area contributed by atoms with Crippen LogP contribution in [0.15, 0.2) is 59.0 Å². The molecular formula is C23H19FN4O3S. The molecule has 0 spiro atoms. The fraction of sp³-hybridized carbons (Fsp3) is 0.130. The largest absolute Gasteiger partial charge is 0.325 e. The molecule has 3 amide bonds. The Morgan fingerprint density at radius 2 is 1.88 bits per heavy atom. The summed E-state index contributed by atoms with van der Waals surface area (Å²) in [6, 6.07) is 10.6. The summed E-state index contributed by atoms with van der Waals surface area (Å²) in [4.78, 5) is 42.3. The zero-order valence-corrected chi connectivity index (χ0v) is 18.1. The molecular weight excluding hydrogens is 431 g/mol. The van der Waals surface area contributed by atoms with Crippen LogP contribution >= 0.6 is 11.3 Å². The molecule has 0 atom stereocenters. The fourth-order valence-electron chi connectivity index (χ4n) is 3.35. The van der Waals surface area contributed by atoms with Crippen LogP contribution in [-0.2, 0) is 11.3 Å². The summed E-state index contributed by atoms with van der Waals surface area (Å²) >= 11 is 1.29. The average molecular weight is 450 g/mol. The number of aromatic nitrogens is 2. The minimum absolute atomic E-state index is 0.344. The van der Waals surface area contributed by atoms with E-state index in [0.29, 0.717) is 27.0 Å². The number of hydrogen-bond donors (Lipinski definition) is 2. The number of carbonyl (C=O) groups is 2. The Labute approximate surface area is 186 Å². The van der Waals surface area contributed by atoms with Crippen LogP contribution in [0.3, 0.4) is 0 Å². The Morgan fingerprint density at radius 3 is 2.59 bits per heavy atom. The van der Waals surface area contributed by atoms with Gasteiger partial charge in [0.1, 0.15) is 17.2 Å². The maximum atomic E-state index is 13.3. The van der Waals surface area contributed by atoms with Crippen LogP contribution < -0.4 is 16.2 Å². The number of thiophene rings is 1. The molecule has 0 aliphatic heterocycles. The summed E-state index contributed by atoms with van der Waals surface area (Å²) in [6.07, 6.45) is 1.28. The average Bonchev–Trinajstić information content (AvgIpc) is 3.17. The van der Waals surface area contributed by atoms with Crippen molar-refractivity contribution in [2.24, 2.45) is 0 Å². The predicted molar refractivity (Wildman–Crippen MR) is 122 cm³/mol. The number of nitrogens with zero attached hydrogens (tertiary/aromatic N) is 2. The van der Waals surface area contributed by atoms with Gasteiger partial charge in [-0.3, -0.25) is 19.5 Å². The Kier molecular flexibility index (Phi) is 5.83. The van der Waals surface area contributed by atoms with E-state index in [1.807, 2.05) is 26.0 Å². The molecule has 162 valence electrons. The molecule has 0 radical (unpaired) electrons. The van der Waals surface area contributed by atoms with Gasteiger partial charge in [0.15, 0.2) is 0 Å². The minimum atomic E-state index is -0.688.